The van der Waals surface area contributed by atoms with Crippen LogP contribution in [0.4, 0.5) is 0 Å². The highest BCUT2D eigenvalue weighted by Crippen LogP contribution is 2.18. The van der Waals surface area contributed by atoms with E-state index in [9.17, 15) is 4.79 Å². The minimum absolute atomic E-state index is 0.353. The van der Waals surface area contributed by atoms with Gasteiger partial charge in [0, 0.05) is 0 Å². The maximum Gasteiger partial charge on any atom is 0.343 e. The molecular weight excluding hydrogens is 456 g/mol. The van der Waals surface area contributed by atoms with E-state index in [1.54, 1.807) is 12.1 Å². The van der Waals surface area contributed by atoms with E-state index in [1.165, 1.54) is 74.5 Å². The Kier molecular flexibility index (Phi) is 12.8. The van der Waals surface area contributed by atoms with E-state index in [0.29, 0.717) is 17.9 Å². The third-order valence-corrected chi connectivity index (χ3v) is 6.78. The van der Waals surface area contributed by atoms with Crippen LogP contribution in [0.3, 0.4) is 0 Å². The Morgan fingerprint density at radius 1 is 0.541 bits per heavy atom. The maximum atomic E-state index is 12.6. The topological polar surface area (TPSA) is 35.5 Å². The summed E-state index contributed by atoms with van der Waals surface area (Å²) in [5, 5.41) is 0. The fourth-order valence-electron chi connectivity index (χ4n) is 4.39. The summed E-state index contributed by atoms with van der Waals surface area (Å²) >= 11 is 0. The molecule has 37 heavy (non-hydrogen) atoms. The smallest absolute Gasteiger partial charge is 0.343 e. The summed E-state index contributed by atoms with van der Waals surface area (Å²) in [6.45, 7) is 5.19. The lowest BCUT2D eigenvalue weighted by molar-refractivity contribution is 0.0734. The lowest BCUT2D eigenvalue weighted by Gasteiger charge is -2.08. The molecule has 0 saturated heterocycles. The van der Waals surface area contributed by atoms with Crippen molar-refractivity contribution in [3.63, 3.8) is 0 Å². The van der Waals surface area contributed by atoms with Crippen LogP contribution in [0, 0.1) is 0 Å². The highest BCUT2D eigenvalue weighted by Gasteiger charge is 2.09. The van der Waals surface area contributed by atoms with E-state index >= 15 is 0 Å². The number of rotatable bonds is 17. The molecule has 3 aromatic rings. The largest absolute Gasteiger partial charge is 0.494 e. The van der Waals surface area contributed by atoms with E-state index in [0.717, 1.165) is 25.0 Å². The van der Waals surface area contributed by atoms with Gasteiger partial charge in [0.2, 0.25) is 0 Å². The van der Waals surface area contributed by atoms with Crippen molar-refractivity contribution in [2.75, 3.05) is 6.61 Å². The van der Waals surface area contributed by atoms with E-state index in [-0.39, 0.29) is 5.97 Å². The van der Waals surface area contributed by atoms with Gasteiger partial charge in [0.05, 0.1) is 12.2 Å². The molecule has 0 heterocycles. The highest BCUT2D eigenvalue weighted by molar-refractivity contribution is 5.91. The summed E-state index contributed by atoms with van der Waals surface area (Å²) in [6, 6.07) is 24.1. The predicted molar refractivity (Wildman–Crippen MR) is 154 cm³/mol. The summed E-state index contributed by atoms with van der Waals surface area (Å²) in [7, 11) is 0. The molecule has 0 unspecified atom stereocenters. The first kappa shape index (κ1) is 28.5. The van der Waals surface area contributed by atoms with Crippen LogP contribution in [-0.4, -0.2) is 12.6 Å². The number of carbonyl (C=O) groups excluding carboxylic acids is 1. The number of hydrogen-bond acceptors (Lipinski definition) is 3. The molecule has 0 aliphatic rings. The number of carbonyl (C=O) groups is 1. The summed E-state index contributed by atoms with van der Waals surface area (Å²) in [5.41, 5.74) is 4.54. The molecule has 198 valence electrons. The molecule has 3 nitrogen and oxygen atoms in total. The fraction of sp³-hybridized carbons (Fsp3) is 0.441. The van der Waals surface area contributed by atoms with E-state index < -0.39 is 0 Å². The van der Waals surface area contributed by atoms with Crippen LogP contribution in [0.1, 0.15) is 98.7 Å². The number of esters is 1. The van der Waals surface area contributed by atoms with Crippen LogP contribution in [0.15, 0.2) is 72.8 Å². The molecule has 0 atom stereocenters. The summed E-state index contributed by atoms with van der Waals surface area (Å²) in [5.74, 6) is 1.00. The van der Waals surface area contributed by atoms with Crippen molar-refractivity contribution in [1.82, 2.24) is 0 Å². The second-order valence-electron chi connectivity index (χ2n) is 9.95. The Labute approximate surface area is 224 Å². The van der Waals surface area contributed by atoms with Gasteiger partial charge in [-0.2, -0.15) is 0 Å². The lowest BCUT2D eigenvalue weighted by atomic mass is 10.0. The average molecular weight is 501 g/mol. The molecule has 0 amide bonds. The van der Waals surface area contributed by atoms with Gasteiger partial charge in [0.1, 0.15) is 11.5 Å². The van der Waals surface area contributed by atoms with Crippen LogP contribution in [0.25, 0.3) is 0 Å². The van der Waals surface area contributed by atoms with Gasteiger partial charge in [0.15, 0.2) is 0 Å². The maximum absolute atomic E-state index is 12.6. The predicted octanol–water partition coefficient (Wildman–Crippen LogP) is 9.16. The lowest BCUT2D eigenvalue weighted by Crippen LogP contribution is -2.08. The van der Waals surface area contributed by atoms with Gasteiger partial charge in [-0.15, -0.1) is 0 Å². The Morgan fingerprint density at radius 2 is 1.03 bits per heavy atom. The van der Waals surface area contributed by atoms with Crippen LogP contribution in [0.2, 0.25) is 0 Å². The van der Waals surface area contributed by atoms with Crippen LogP contribution in [0.5, 0.6) is 11.5 Å². The molecule has 0 N–H and O–H groups in total. The molecule has 3 aromatic carbocycles. The standard InChI is InChI=1S/C34H44O3/c1-3-5-7-8-9-11-27-36-32-25-21-31(22-26-32)34(35)37-33-23-19-30(20-24-33)18-17-29-15-13-28(14-16-29)12-10-6-4-2/h13-16,19-26H,3-12,17-18,27H2,1-2H3. The Balaban J connectivity index is 1.38. The number of unbranched alkanes of at least 4 members (excludes halogenated alkanes) is 7. The van der Waals surface area contributed by atoms with Crippen molar-refractivity contribution in [2.45, 2.75) is 90.9 Å². The molecule has 0 bridgehead atoms. The number of ether oxygens (including phenoxy) is 2. The molecule has 0 aromatic heterocycles. The number of aryl methyl sites for hydroxylation is 3. The van der Waals surface area contributed by atoms with Gasteiger partial charge in [-0.1, -0.05) is 95.2 Å². The summed E-state index contributed by atoms with van der Waals surface area (Å²) in [6.07, 6.45) is 14.4. The van der Waals surface area contributed by atoms with Gasteiger partial charge < -0.3 is 9.47 Å². The Hall–Kier alpha value is -3.07. The number of hydrogen-bond donors (Lipinski definition) is 0. The molecule has 0 radical (unpaired) electrons. The first-order chi connectivity index (χ1) is 18.2. The van der Waals surface area contributed by atoms with E-state index in [2.05, 4.69) is 38.1 Å². The molecule has 0 spiro atoms. The van der Waals surface area contributed by atoms with Gasteiger partial charge in [-0.05, 0) is 85.2 Å². The van der Waals surface area contributed by atoms with Gasteiger partial charge in [-0.25, -0.2) is 4.79 Å². The minimum atomic E-state index is -0.353. The molecule has 3 rings (SSSR count). The zero-order valence-corrected chi connectivity index (χ0v) is 22.8. The first-order valence-electron chi connectivity index (χ1n) is 14.3. The van der Waals surface area contributed by atoms with E-state index in [4.69, 9.17) is 9.47 Å². The van der Waals surface area contributed by atoms with Crippen molar-refractivity contribution < 1.29 is 14.3 Å². The molecular formula is C34H44O3. The van der Waals surface area contributed by atoms with Crippen LogP contribution < -0.4 is 9.47 Å². The third kappa shape index (κ3) is 10.8. The van der Waals surface area contributed by atoms with Crippen molar-refractivity contribution in [1.29, 1.82) is 0 Å². The SMILES string of the molecule is CCCCCCCCOc1ccc(C(=O)Oc2ccc(CCc3ccc(CCCCC)cc3)cc2)cc1. The van der Waals surface area contributed by atoms with E-state index in [1.807, 2.05) is 36.4 Å². The normalized spacial score (nSPS) is 10.9. The van der Waals surface area contributed by atoms with Gasteiger partial charge in [0.25, 0.3) is 0 Å². The van der Waals surface area contributed by atoms with Crippen LogP contribution in [-0.2, 0) is 19.3 Å². The molecule has 0 fully saturated rings. The zero-order valence-electron chi connectivity index (χ0n) is 22.8. The molecule has 3 heteroatoms. The second kappa shape index (κ2) is 16.6. The first-order valence-corrected chi connectivity index (χ1v) is 14.3. The zero-order chi connectivity index (χ0) is 26.1. The summed E-state index contributed by atoms with van der Waals surface area (Å²) < 4.78 is 11.4. The molecule has 0 aliphatic carbocycles. The summed E-state index contributed by atoms with van der Waals surface area (Å²) in [4.78, 5) is 12.6. The fourth-order valence-corrected chi connectivity index (χ4v) is 4.39. The minimum Gasteiger partial charge on any atom is -0.494 e. The van der Waals surface area contributed by atoms with Gasteiger partial charge >= 0.3 is 5.97 Å². The quantitative estimate of drug-likeness (QED) is 0.105. The third-order valence-electron chi connectivity index (χ3n) is 6.78. The molecule has 0 saturated carbocycles. The van der Waals surface area contributed by atoms with Crippen molar-refractivity contribution in [2.24, 2.45) is 0 Å². The Morgan fingerprint density at radius 3 is 1.65 bits per heavy atom. The average Bonchev–Trinajstić information content (AvgIpc) is 2.93. The van der Waals surface area contributed by atoms with Crippen molar-refractivity contribution in [3.8, 4) is 11.5 Å². The second-order valence-corrected chi connectivity index (χ2v) is 9.95. The van der Waals surface area contributed by atoms with Gasteiger partial charge in [-0.3, -0.25) is 0 Å². The van der Waals surface area contributed by atoms with Crippen molar-refractivity contribution >= 4 is 5.97 Å². The monoisotopic (exact) mass is 500 g/mol. The Bertz CT molecular complexity index is 1020. The highest BCUT2D eigenvalue weighted by atomic mass is 16.5. The van der Waals surface area contributed by atoms with Crippen molar-refractivity contribution in [3.05, 3.63) is 95.1 Å². The molecule has 0 aliphatic heterocycles. The van der Waals surface area contributed by atoms with Crippen LogP contribution >= 0.6 is 0 Å². The number of benzene rings is 3.